The first-order valence-corrected chi connectivity index (χ1v) is 9.11. The van der Waals surface area contributed by atoms with Crippen molar-refractivity contribution in [1.82, 2.24) is 10.5 Å². The van der Waals surface area contributed by atoms with Gasteiger partial charge in [0.25, 0.3) is 5.91 Å². The van der Waals surface area contributed by atoms with Crippen molar-refractivity contribution in [2.24, 2.45) is 0 Å². The predicted molar refractivity (Wildman–Crippen MR) is 106 cm³/mol. The van der Waals surface area contributed by atoms with Gasteiger partial charge in [0.15, 0.2) is 10.7 Å². The summed E-state index contributed by atoms with van der Waals surface area (Å²) in [4.78, 5) is 23.2. The molecule has 0 aliphatic heterocycles. The Morgan fingerprint density at radius 3 is 2.57 bits per heavy atom. The van der Waals surface area contributed by atoms with Gasteiger partial charge in [0.05, 0.1) is 15.1 Å². The topological polar surface area (TPSA) is 98.3 Å². The summed E-state index contributed by atoms with van der Waals surface area (Å²) in [6.45, 7) is -0.0195. The molecule has 2 aromatic carbocycles. The second kappa shape index (κ2) is 8.36. The van der Waals surface area contributed by atoms with Crippen LogP contribution >= 0.6 is 46.4 Å². The summed E-state index contributed by atoms with van der Waals surface area (Å²) in [5, 5.41) is 18.3. The number of nitrogens with one attached hydrogen (secondary N) is 1. The van der Waals surface area contributed by atoms with Gasteiger partial charge >= 0.3 is 5.82 Å². The third-order valence-corrected chi connectivity index (χ3v) is 5.13. The monoisotopic (exact) mass is 459 g/mol. The number of amides is 1. The minimum Gasteiger partial charge on any atom is -0.358 e. The Bertz CT molecular complexity index is 1080. The number of nitrogens with zero attached hydrogens (tertiary/aromatic N) is 2. The lowest BCUT2D eigenvalue weighted by Crippen LogP contribution is -2.24. The number of rotatable bonds is 5. The highest BCUT2D eigenvalue weighted by molar-refractivity contribution is 6.42. The van der Waals surface area contributed by atoms with Gasteiger partial charge < -0.3 is 15.4 Å². The van der Waals surface area contributed by atoms with Gasteiger partial charge in [0.1, 0.15) is 0 Å². The van der Waals surface area contributed by atoms with Crippen LogP contribution < -0.4 is 5.32 Å². The van der Waals surface area contributed by atoms with E-state index < -0.39 is 16.6 Å². The van der Waals surface area contributed by atoms with Gasteiger partial charge in [-0.15, -0.1) is 0 Å². The maximum atomic E-state index is 12.7. The first kappa shape index (κ1) is 20.4. The molecule has 0 atom stereocenters. The Hall–Kier alpha value is -2.32. The van der Waals surface area contributed by atoms with Crippen LogP contribution in [-0.4, -0.2) is 16.0 Å². The van der Waals surface area contributed by atoms with Crippen molar-refractivity contribution in [2.45, 2.75) is 6.54 Å². The fraction of sp³-hybridized carbons (Fsp3) is 0.0588. The smallest absolute Gasteiger partial charge is 0.358 e. The number of carbonyl (C=O) groups is 1. The first-order valence-electron chi connectivity index (χ1n) is 7.60. The molecule has 7 nitrogen and oxygen atoms in total. The number of hydrogen-bond donors (Lipinski definition) is 1. The van der Waals surface area contributed by atoms with E-state index in [9.17, 15) is 14.9 Å². The number of benzene rings is 2. The van der Waals surface area contributed by atoms with Crippen molar-refractivity contribution in [3.63, 3.8) is 0 Å². The van der Waals surface area contributed by atoms with Gasteiger partial charge in [-0.3, -0.25) is 9.32 Å². The van der Waals surface area contributed by atoms with Crippen LogP contribution in [0.1, 0.15) is 15.9 Å². The molecule has 0 aliphatic rings. The lowest BCUT2D eigenvalue weighted by Gasteiger charge is -2.08. The molecule has 0 radical (unpaired) electrons. The van der Waals surface area contributed by atoms with E-state index in [0.717, 1.165) is 0 Å². The van der Waals surface area contributed by atoms with E-state index in [1.165, 1.54) is 18.2 Å². The first-order chi connectivity index (χ1) is 13.3. The number of aromatic nitrogens is 1. The molecule has 0 unspecified atom stereocenters. The minimum absolute atomic E-state index is 0.0195. The maximum absolute atomic E-state index is 12.7. The molecule has 0 saturated carbocycles. The number of carbonyl (C=O) groups excluding carboxylic acids is 1. The normalized spacial score (nSPS) is 10.7. The van der Waals surface area contributed by atoms with Crippen LogP contribution in [0.3, 0.4) is 0 Å². The van der Waals surface area contributed by atoms with E-state index in [-0.39, 0.29) is 33.5 Å². The standard InChI is InChI=1S/C17H9Cl4N3O4/c18-9-4-5-10(12(20)6-9)15-13(16(23-28-15)24(26)27)17(25)22-7-8-2-1-3-11(19)14(8)21/h1-6H,7H2,(H,22,25). The molecule has 28 heavy (non-hydrogen) atoms. The van der Waals surface area contributed by atoms with Gasteiger partial charge in [0, 0.05) is 17.1 Å². The lowest BCUT2D eigenvalue weighted by atomic mass is 10.1. The van der Waals surface area contributed by atoms with E-state index in [0.29, 0.717) is 15.6 Å². The quantitative estimate of drug-likeness (QED) is 0.383. The Labute approximate surface area is 178 Å². The van der Waals surface area contributed by atoms with Crippen LogP contribution in [0.4, 0.5) is 5.82 Å². The Kier molecular flexibility index (Phi) is 6.10. The molecular formula is C17H9Cl4N3O4. The van der Waals surface area contributed by atoms with Crippen LogP contribution in [0.5, 0.6) is 0 Å². The molecule has 0 saturated heterocycles. The Morgan fingerprint density at radius 1 is 1.14 bits per heavy atom. The van der Waals surface area contributed by atoms with E-state index in [2.05, 4.69) is 10.5 Å². The minimum atomic E-state index is -0.821. The Morgan fingerprint density at radius 2 is 1.89 bits per heavy atom. The van der Waals surface area contributed by atoms with Crippen molar-refractivity contribution >= 4 is 58.1 Å². The van der Waals surface area contributed by atoms with Crippen molar-refractivity contribution in [3.05, 3.63) is 77.7 Å². The molecule has 0 bridgehead atoms. The summed E-state index contributed by atoms with van der Waals surface area (Å²) in [6, 6.07) is 9.31. The van der Waals surface area contributed by atoms with Crippen molar-refractivity contribution in [1.29, 1.82) is 0 Å². The third kappa shape index (κ3) is 4.07. The number of hydrogen-bond acceptors (Lipinski definition) is 5. The predicted octanol–water partition coefficient (Wildman–Crippen LogP) is 5.79. The third-order valence-electron chi connectivity index (χ3n) is 3.72. The highest BCUT2D eigenvalue weighted by Gasteiger charge is 2.33. The summed E-state index contributed by atoms with van der Waals surface area (Å²) in [5.74, 6) is -1.68. The molecule has 1 amide bonds. The molecular weight excluding hydrogens is 452 g/mol. The van der Waals surface area contributed by atoms with Crippen LogP contribution in [0.15, 0.2) is 40.9 Å². The van der Waals surface area contributed by atoms with Gasteiger partial charge in [-0.25, -0.2) is 0 Å². The molecule has 11 heteroatoms. The van der Waals surface area contributed by atoms with Crippen molar-refractivity contribution in [2.75, 3.05) is 0 Å². The largest absolute Gasteiger partial charge is 0.427 e. The second-order valence-electron chi connectivity index (χ2n) is 5.49. The Balaban J connectivity index is 1.97. The van der Waals surface area contributed by atoms with Crippen molar-refractivity contribution in [3.8, 4) is 11.3 Å². The highest BCUT2D eigenvalue weighted by atomic mass is 35.5. The molecule has 1 heterocycles. The summed E-state index contributed by atoms with van der Waals surface area (Å²) in [6.07, 6.45) is 0. The van der Waals surface area contributed by atoms with Crippen LogP contribution in [0.2, 0.25) is 20.1 Å². The molecule has 0 aliphatic carbocycles. The number of halogens is 4. The summed E-state index contributed by atoms with van der Waals surface area (Å²) >= 11 is 24.0. The van der Waals surface area contributed by atoms with Crippen LogP contribution in [-0.2, 0) is 6.54 Å². The van der Waals surface area contributed by atoms with Gasteiger partial charge in [-0.1, -0.05) is 58.5 Å². The van der Waals surface area contributed by atoms with Crippen LogP contribution in [0, 0.1) is 10.1 Å². The zero-order valence-corrected chi connectivity index (χ0v) is 16.7. The van der Waals surface area contributed by atoms with Gasteiger partial charge in [-0.2, -0.15) is 0 Å². The van der Waals surface area contributed by atoms with Gasteiger partial charge in [-0.05, 0) is 34.8 Å². The van der Waals surface area contributed by atoms with E-state index in [4.69, 9.17) is 50.9 Å². The van der Waals surface area contributed by atoms with Crippen LogP contribution in [0.25, 0.3) is 11.3 Å². The summed E-state index contributed by atoms with van der Waals surface area (Å²) in [7, 11) is 0. The average Bonchev–Trinajstić information content (AvgIpc) is 3.08. The van der Waals surface area contributed by atoms with E-state index in [1.54, 1.807) is 18.2 Å². The lowest BCUT2D eigenvalue weighted by molar-refractivity contribution is -0.391. The molecule has 144 valence electrons. The van der Waals surface area contributed by atoms with Crippen molar-refractivity contribution < 1.29 is 14.2 Å². The molecule has 3 aromatic rings. The van der Waals surface area contributed by atoms with Gasteiger partial charge in [0.2, 0.25) is 5.76 Å². The highest BCUT2D eigenvalue weighted by Crippen LogP contribution is 2.36. The fourth-order valence-corrected chi connectivity index (χ4v) is 3.30. The zero-order valence-electron chi connectivity index (χ0n) is 13.7. The average molecular weight is 461 g/mol. The fourth-order valence-electron chi connectivity index (χ4n) is 2.42. The maximum Gasteiger partial charge on any atom is 0.427 e. The molecule has 1 N–H and O–H groups in total. The molecule has 0 fully saturated rings. The SMILES string of the molecule is O=C(NCc1cccc(Cl)c1Cl)c1c([N+](=O)[O-])noc1-c1ccc(Cl)cc1Cl. The number of nitro groups is 1. The molecule has 0 spiro atoms. The molecule has 1 aromatic heterocycles. The zero-order chi connectivity index (χ0) is 20.4. The van der Waals surface area contributed by atoms with E-state index >= 15 is 0 Å². The van der Waals surface area contributed by atoms with E-state index in [1.807, 2.05) is 0 Å². The summed E-state index contributed by atoms with van der Waals surface area (Å²) in [5.41, 5.74) is 0.401. The second-order valence-corrected chi connectivity index (χ2v) is 7.12. The summed E-state index contributed by atoms with van der Waals surface area (Å²) < 4.78 is 5.05. The molecule has 3 rings (SSSR count).